The van der Waals surface area contributed by atoms with Gasteiger partial charge in [0.2, 0.25) is 5.91 Å². The van der Waals surface area contributed by atoms with Gasteiger partial charge >= 0.3 is 0 Å². The van der Waals surface area contributed by atoms with Crippen LogP contribution in [0.15, 0.2) is 54.7 Å². The third-order valence-electron chi connectivity index (χ3n) is 5.42. The lowest BCUT2D eigenvalue weighted by Gasteiger charge is -2.24. The van der Waals surface area contributed by atoms with Crippen LogP contribution in [0.25, 0.3) is 22.4 Å². The normalized spacial score (nSPS) is 16.0. The molecule has 0 aliphatic carbocycles. The quantitative estimate of drug-likeness (QED) is 0.561. The van der Waals surface area contributed by atoms with Gasteiger partial charge in [-0.25, -0.2) is 14.4 Å². The Bertz CT molecular complexity index is 1180. The highest BCUT2D eigenvalue weighted by Gasteiger charge is 2.27. The molecular formula is C22H20FN5O. The number of benzene rings is 2. The Labute approximate surface area is 166 Å². The van der Waals surface area contributed by atoms with E-state index in [2.05, 4.69) is 24.8 Å². The number of aromatic amines is 1. The van der Waals surface area contributed by atoms with Crippen molar-refractivity contribution in [1.82, 2.24) is 24.8 Å². The van der Waals surface area contributed by atoms with Gasteiger partial charge in [-0.15, -0.1) is 0 Å². The average Bonchev–Trinajstić information content (AvgIpc) is 3.35. The Morgan fingerprint density at radius 1 is 1.24 bits per heavy atom. The minimum atomic E-state index is -0.314. The van der Waals surface area contributed by atoms with Gasteiger partial charge in [-0.3, -0.25) is 4.79 Å². The van der Waals surface area contributed by atoms with Crippen molar-refractivity contribution in [2.45, 2.75) is 25.9 Å². The lowest BCUT2D eigenvalue weighted by atomic mass is 9.95. The highest BCUT2D eigenvalue weighted by molar-refractivity contribution is 5.79. The lowest BCUT2D eigenvalue weighted by molar-refractivity contribution is -0.125. The molecule has 7 heteroatoms. The van der Waals surface area contributed by atoms with Gasteiger partial charge in [0.15, 0.2) is 0 Å². The van der Waals surface area contributed by atoms with Crippen molar-refractivity contribution < 1.29 is 9.18 Å². The standard InChI is InChI=1S/C22H20FN5O/c23-16-6-7-18-19(11-16)27-20(26-18)13-25-22(29)15-8-9-28-17(10-15)12-24-21(28)14-4-2-1-3-5-14/h1-7,11-12,15H,8-10,13H2,(H,25,29)(H,26,27). The number of rotatable bonds is 4. The molecule has 0 radical (unpaired) electrons. The number of halogens is 1. The van der Waals surface area contributed by atoms with Crippen molar-refractivity contribution in [3.8, 4) is 11.4 Å². The van der Waals surface area contributed by atoms with E-state index in [0.717, 1.165) is 30.0 Å². The van der Waals surface area contributed by atoms with Crippen molar-refractivity contribution in [2.24, 2.45) is 5.92 Å². The van der Waals surface area contributed by atoms with Gasteiger partial charge < -0.3 is 14.9 Å². The second-order valence-corrected chi connectivity index (χ2v) is 7.34. The maximum atomic E-state index is 13.3. The minimum Gasteiger partial charge on any atom is -0.349 e. The van der Waals surface area contributed by atoms with Crippen molar-refractivity contribution in [2.75, 3.05) is 0 Å². The number of carbonyl (C=O) groups excluding carboxylic acids is 1. The predicted molar refractivity (Wildman–Crippen MR) is 107 cm³/mol. The fourth-order valence-electron chi connectivity index (χ4n) is 3.94. The van der Waals surface area contributed by atoms with Gasteiger partial charge in [0.1, 0.15) is 17.5 Å². The number of imidazole rings is 2. The smallest absolute Gasteiger partial charge is 0.223 e. The van der Waals surface area contributed by atoms with E-state index in [4.69, 9.17) is 0 Å². The predicted octanol–water partition coefficient (Wildman–Crippen LogP) is 3.44. The molecule has 1 atom stereocenters. The molecule has 1 unspecified atom stereocenters. The second kappa shape index (κ2) is 7.16. The first-order chi connectivity index (χ1) is 14.2. The number of fused-ring (bicyclic) bond motifs is 2. The van der Waals surface area contributed by atoms with Gasteiger partial charge in [0.05, 0.1) is 17.6 Å². The molecule has 1 amide bonds. The van der Waals surface area contributed by atoms with Crippen LogP contribution < -0.4 is 5.32 Å². The monoisotopic (exact) mass is 389 g/mol. The van der Waals surface area contributed by atoms with Crippen LogP contribution in [0.3, 0.4) is 0 Å². The molecule has 146 valence electrons. The van der Waals surface area contributed by atoms with E-state index in [-0.39, 0.29) is 17.6 Å². The van der Waals surface area contributed by atoms with Crippen LogP contribution >= 0.6 is 0 Å². The summed E-state index contributed by atoms with van der Waals surface area (Å²) in [4.78, 5) is 24.7. The summed E-state index contributed by atoms with van der Waals surface area (Å²) in [6.45, 7) is 1.06. The number of H-pyrrole nitrogens is 1. The number of nitrogens with one attached hydrogen (secondary N) is 2. The maximum Gasteiger partial charge on any atom is 0.223 e. The van der Waals surface area contributed by atoms with Gasteiger partial charge in [-0.2, -0.15) is 0 Å². The van der Waals surface area contributed by atoms with Crippen LogP contribution in [0, 0.1) is 11.7 Å². The molecule has 5 rings (SSSR count). The van der Waals surface area contributed by atoms with Crippen LogP contribution in [0.4, 0.5) is 4.39 Å². The van der Waals surface area contributed by atoms with Gasteiger partial charge in [0, 0.05) is 36.3 Å². The first-order valence-corrected chi connectivity index (χ1v) is 9.69. The number of nitrogens with zero attached hydrogens (tertiary/aromatic N) is 3. The highest BCUT2D eigenvalue weighted by Crippen LogP contribution is 2.27. The Kier molecular flexibility index (Phi) is 4.35. The van der Waals surface area contributed by atoms with Crippen LogP contribution in [0.1, 0.15) is 17.9 Å². The number of amides is 1. The van der Waals surface area contributed by atoms with E-state index in [9.17, 15) is 9.18 Å². The summed E-state index contributed by atoms with van der Waals surface area (Å²) >= 11 is 0. The molecule has 2 aromatic heterocycles. The zero-order valence-corrected chi connectivity index (χ0v) is 15.7. The molecule has 2 aromatic carbocycles. The van der Waals surface area contributed by atoms with Gasteiger partial charge in [-0.1, -0.05) is 30.3 Å². The topological polar surface area (TPSA) is 75.6 Å². The molecule has 29 heavy (non-hydrogen) atoms. The molecule has 0 fully saturated rings. The molecule has 0 bridgehead atoms. The molecule has 0 saturated heterocycles. The first kappa shape index (κ1) is 17.6. The summed E-state index contributed by atoms with van der Waals surface area (Å²) in [6, 6.07) is 14.5. The Hall–Kier alpha value is -3.48. The highest BCUT2D eigenvalue weighted by atomic mass is 19.1. The summed E-state index contributed by atoms with van der Waals surface area (Å²) in [5, 5.41) is 2.96. The summed E-state index contributed by atoms with van der Waals surface area (Å²) in [7, 11) is 0. The average molecular weight is 389 g/mol. The van der Waals surface area contributed by atoms with Crippen molar-refractivity contribution in [3.63, 3.8) is 0 Å². The molecule has 6 nitrogen and oxygen atoms in total. The van der Waals surface area contributed by atoms with Crippen LogP contribution in [-0.2, 0) is 24.3 Å². The third kappa shape index (κ3) is 3.40. The van der Waals surface area contributed by atoms with Crippen LogP contribution in [0.5, 0.6) is 0 Å². The van der Waals surface area contributed by atoms with E-state index in [1.165, 1.54) is 12.1 Å². The third-order valence-corrected chi connectivity index (χ3v) is 5.42. The van der Waals surface area contributed by atoms with E-state index in [1.807, 2.05) is 36.5 Å². The molecule has 4 aromatic rings. The number of hydrogen-bond acceptors (Lipinski definition) is 3. The zero-order chi connectivity index (χ0) is 19.8. The number of carbonyl (C=O) groups is 1. The van der Waals surface area contributed by atoms with Crippen molar-refractivity contribution in [3.05, 3.63) is 72.1 Å². The summed E-state index contributed by atoms with van der Waals surface area (Å²) < 4.78 is 15.5. The van der Waals surface area contributed by atoms with Gasteiger partial charge in [-0.05, 0) is 24.6 Å². The van der Waals surface area contributed by atoms with Gasteiger partial charge in [0.25, 0.3) is 0 Å². The zero-order valence-electron chi connectivity index (χ0n) is 15.7. The maximum absolute atomic E-state index is 13.3. The fourth-order valence-corrected chi connectivity index (χ4v) is 3.94. The fraction of sp³-hybridized carbons (Fsp3) is 0.227. The second-order valence-electron chi connectivity index (χ2n) is 7.34. The molecule has 3 heterocycles. The molecule has 1 aliphatic heterocycles. The van der Waals surface area contributed by atoms with Crippen molar-refractivity contribution >= 4 is 16.9 Å². The summed E-state index contributed by atoms with van der Waals surface area (Å²) in [5.41, 5.74) is 3.48. The molecule has 0 saturated carbocycles. The van der Waals surface area contributed by atoms with Crippen LogP contribution in [-0.4, -0.2) is 25.4 Å². The molecular weight excluding hydrogens is 369 g/mol. The first-order valence-electron chi connectivity index (χ1n) is 9.69. The Morgan fingerprint density at radius 2 is 2.10 bits per heavy atom. The van der Waals surface area contributed by atoms with Crippen LogP contribution in [0.2, 0.25) is 0 Å². The number of aromatic nitrogens is 4. The SMILES string of the molecule is O=C(NCc1nc2ccc(F)cc2[nH]1)C1CCn2c(cnc2-c2ccccc2)C1. The van der Waals surface area contributed by atoms with E-state index < -0.39 is 0 Å². The molecule has 2 N–H and O–H groups in total. The molecule has 1 aliphatic rings. The molecule has 0 spiro atoms. The summed E-state index contributed by atoms with van der Waals surface area (Å²) in [6.07, 6.45) is 3.30. The van der Waals surface area contributed by atoms with E-state index >= 15 is 0 Å². The van der Waals surface area contributed by atoms with E-state index in [0.29, 0.717) is 29.8 Å². The minimum absolute atomic E-state index is 0.00495. The van der Waals surface area contributed by atoms with E-state index in [1.54, 1.807) is 6.07 Å². The lowest BCUT2D eigenvalue weighted by Crippen LogP contribution is -2.35. The Balaban J connectivity index is 1.25. The summed E-state index contributed by atoms with van der Waals surface area (Å²) in [5.74, 6) is 1.17. The Morgan fingerprint density at radius 3 is 2.97 bits per heavy atom. The largest absolute Gasteiger partial charge is 0.349 e. The number of hydrogen-bond donors (Lipinski definition) is 2. The van der Waals surface area contributed by atoms with Crippen molar-refractivity contribution in [1.29, 1.82) is 0 Å².